The number of hydrogen-bond acceptors (Lipinski definition) is 1. The highest BCUT2D eigenvalue weighted by molar-refractivity contribution is 8.27. The maximum absolute atomic E-state index is 10.4. The average Bonchev–Trinajstić information content (AvgIpc) is 1.31. The van der Waals surface area contributed by atoms with Crippen molar-refractivity contribution in [2.24, 2.45) is 0 Å². The van der Waals surface area contributed by atoms with Crippen molar-refractivity contribution >= 4 is 10.2 Å². The molecule has 0 radical (unpaired) electrons. The Morgan fingerprint density at radius 2 is 1.43 bits per heavy atom. The van der Waals surface area contributed by atoms with E-state index >= 15 is 0 Å². The van der Waals surface area contributed by atoms with Crippen molar-refractivity contribution in [1.29, 1.82) is 0 Å². The molecule has 0 aromatic heterocycles. The van der Waals surface area contributed by atoms with E-state index in [0.717, 1.165) is 4.17 Å². The van der Waals surface area contributed by atoms with E-state index in [4.69, 9.17) is 0 Å². The molecule has 44 valence electrons. The van der Waals surface area contributed by atoms with Crippen LogP contribution in [0.1, 0.15) is 0 Å². The minimum atomic E-state index is -0.963. The van der Waals surface area contributed by atoms with Gasteiger partial charge in [-0.05, 0) is 0 Å². The molecule has 3 heteroatoms. The second-order valence-electron chi connectivity index (χ2n) is 2.21. The minimum Gasteiger partial charge on any atom is 0.00200 e. The third-order valence-electron chi connectivity index (χ3n) is 0.771. The number of hydrogen-bond donors (Lipinski definition) is 0. The Kier molecular flexibility index (Phi) is 1.81. The third kappa shape index (κ3) is 2.62. The summed E-state index contributed by atoms with van der Waals surface area (Å²) in [5, 5.41) is 0. The van der Waals surface area contributed by atoms with Crippen molar-refractivity contribution in [2.45, 2.75) is 0 Å². The van der Waals surface area contributed by atoms with Crippen molar-refractivity contribution in [2.75, 3.05) is 25.8 Å². The smallest absolute Gasteiger partial charge is 0.00200 e. The maximum Gasteiger partial charge on any atom is 0.196 e. The second kappa shape index (κ2) is 1.82. The molecule has 0 atom stereocenters. The van der Waals surface area contributed by atoms with E-state index in [2.05, 4.69) is 0 Å². The predicted molar refractivity (Wildman–Crippen MR) is 34.9 cm³/mol. The molecule has 0 bridgehead atoms. The SMILES string of the molecule is C[N+](=O)S(C)(C)C. The standard InChI is InChI=1S/C4H12NOS/c1-5(6)7(2,3)4/h1-4H3/q+1. The summed E-state index contributed by atoms with van der Waals surface area (Å²) >= 11 is 0. The van der Waals surface area contributed by atoms with Gasteiger partial charge in [0, 0.05) is 38.1 Å². The van der Waals surface area contributed by atoms with Crippen molar-refractivity contribution in [1.82, 2.24) is 0 Å². The molecule has 0 N–H and O–H groups in total. The summed E-state index contributed by atoms with van der Waals surface area (Å²) in [5.74, 6) is 0. The Morgan fingerprint density at radius 1 is 1.29 bits per heavy atom. The van der Waals surface area contributed by atoms with Crippen LogP contribution in [0.15, 0.2) is 0 Å². The molecule has 0 heterocycles. The Balaban J connectivity index is 3.79. The fraction of sp³-hybridized carbons (Fsp3) is 1.00. The first-order valence-corrected chi connectivity index (χ1v) is 4.85. The number of rotatable bonds is 1. The molecule has 0 fully saturated rings. The largest absolute Gasteiger partial charge is 0.196 e. The zero-order valence-corrected chi connectivity index (χ0v) is 6.08. The molecule has 0 aliphatic carbocycles. The summed E-state index contributed by atoms with van der Waals surface area (Å²) in [4.78, 5) is 10.4. The van der Waals surface area contributed by atoms with Crippen LogP contribution in [-0.2, 0) is 0 Å². The van der Waals surface area contributed by atoms with Crippen LogP contribution in [0.3, 0.4) is 0 Å². The Labute approximate surface area is 45.9 Å². The molecule has 0 aliphatic rings. The van der Waals surface area contributed by atoms with Crippen LogP contribution in [0.2, 0.25) is 0 Å². The molecular weight excluding hydrogens is 110 g/mol. The quantitative estimate of drug-likeness (QED) is 0.475. The molecule has 0 rings (SSSR count). The topological polar surface area (TPSA) is 20.1 Å². The number of nitrogens with zero attached hydrogens (tertiary/aromatic N) is 1. The third-order valence-corrected chi connectivity index (χ3v) is 2.31. The summed E-state index contributed by atoms with van der Waals surface area (Å²) in [6.07, 6.45) is 5.88. The lowest BCUT2D eigenvalue weighted by Gasteiger charge is -2.10. The minimum absolute atomic E-state index is 0.963. The molecule has 0 saturated heterocycles. The van der Waals surface area contributed by atoms with E-state index in [9.17, 15) is 4.91 Å². The van der Waals surface area contributed by atoms with Crippen molar-refractivity contribution in [3.63, 3.8) is 0 Å². The van der Waals surface area contributed by atoms with Crippen LogP contribution >= 0.6 is 10.2 Å². The van der Waals surface area contributed by atoms with Gasteiger partial charge in [0.2, 0.25) is 0 Å². The van der Waals surface area contributed by atoms with Gasteiger partial charge in [-0.15, -0.1) is 0 Å². The maximum atomic E-state index is 10.4. The fourth-order valence-electron chi connectivity index (χ4n) is 0. The van der Waals surface area contributed by atoms with Gasteiger partial charge < -0.3 is 0 Å². The molecule has 2 nitrogen and oxygen atoms in total. The van der Waals surface area contributed by atoms with Crippen LogP contribution in [-0.4, -0.2) is 30.0 Å². The predicted octanol–water partition coefficient (Wildman–Crippen LogP) is 1.00. The van der Waals surface area contributed by atoms with Crippen LogP contribution < -0.4 is 0 Å². The van der Waals surface area contributed by atoms with Gasteiger partial charge in [0.15, 0.2) is 7.05 Å². The lowest BCUT2D eigenvalue weighted by Crippen LogP contribution is -2.05. The van der Waals surface area contributed by atoms with Gasteiger partial charge in [0.1, 0.15) is 0 Å². The fourth-order valence-corrected chi connectivity index (χ4v) is 0. The molecular formula is C4H12NOS+. The van der Waals surface area contributed by atoms with Gasteiger partial charge in [-0.1, -0.05) is 0 Å². The summed E-state index contributed by atoms with van der Waals surface area (Å²) < 4.78 is 1.02. The first-order valence-electron chi connectivity index (χ1n) is 2.04. The Hall–Kier alpha value is -0.0500. The highest BCUT2D eigenvalue weighted by atomic mass is 32.3. The van der Waals surface area contributed by atoms with Gasteiger partial charge in [0.05, 0.1) is 0 Å². The van der Waals surface area contributed by atoms with Crippen LogP contribution in [0.5, 0.6) is 0 Å². The lowest BCUT2D eigenvalue weighted by molar-refractivity contribution is -0.341. The van der Waals surface area contributed by atoms with Crippen molar-refractivity contribution in [3.05, 3.63) is 4.91 Å². The molecule has 0 aromatic carbocycles. The zero-order valence-electron chi connectivity index (χ0n) is 5.26. The van der Waals surface area contributed by atoms with Crippen molar-refractivity contribution in [3.8, 4) is 0 Å². The summed E-state index contributed by atoms with van der Waals surface area (Å²) in [6.45, 7) is 0. The highest BCUT2D eigenvalue weighted by Gasteiger charge is 2.15. The van der Waals surface area contributed by atoms with Gasteiger partial charge in [-0.3, -0.25) is 0 Å². The molecule has 0 amide bonds. The molecule has 0 unspecified atom stereocenters. The summed E-state index contributed by atoms with van der Waals surface area (Å²) in [5.41, 5.74) is 0. The lowest BCUT2D eigenvalue weighted by atomic mass is 11.6. The molecule has 0 aromatic rings. The molecule has 0 saturated carbocycles. The van der Waals surface area contributed by atoms with E-state index in [1.54, 1.807) is 7.05 Å². The van der Waals surface area contributed by atoms with Crippen LogP contribution in [0.4, 0.5) is 0 Å². The molecule has 7 heavy (non-hydrogen) atoms. The Bertz CT molecular complexity index is 84.2. The second-order valence-corrected chi connectivity index (χ2v) is 6.27. The van der Waals surface area contributed by atoms with Crippen LogP contribution in [0.25, 0.3) is 0 Å². The molecule has 0 spiro atoms. The van der Waals surface area contributed by atoms with Gasteiger partial charge in [0.25, 0.3) is 0 Å². The monoisotopic (exact) mass is 122 g/mol. The summed E-state index contributed by atoms with van der Waals surface area (Å²) in [6, 6.07) is 0. The highest BCUT2D eigenvalue weighted by Crippen LogP contribution is 2.33. The first-order chi connectivity index (χ1) is 2.94. The van der Waals surface area contributed by atoms with E-state index in [0.29, 0.717) is 0 Å². The number of nitroso groups, excluding NO2 is 1. The summed E-state index contributed by atoms with van der Waals surface area (Å²) in [7, 11) is 0.602. The van der Waals surface area contributed by atoms with E-state index in [1.807, 2.05) is 18.8 Å². The van der Waals surface area contributed by atoms with Gasteiger partial charge in [-0.2, -0.15) is 0 Å². The average molecular weight is 122 g/mol. The first kappa shape index (κ1) is 6.95. The van der Waals surface area contributed by atoms with E-state index in [1.165, 1.54) is 0 Å². The Morgan fingerprint density at radius 3 is 1.43 bits per heavy atom. The van der Waals surface area contributed by atoms with Gasteiger partial charge in [-0.25, -0.2) is 0 Å². The normalized spacial score (nSPS) is 13.7. The molecule has 0 aliphatic heterocycles. The zero-order chi connectivity index (χ0) is 6.08. The van der Waals surface area contributed by atoms with Crippen LogP contribution in [0, 0.1) is 4.91 Å². The van der Waals surface area contributed by atoms with E-state index in [-0.39, 0.29) is 0 Å². The van der Waals surface area contributed by atoms with Crippen molar-refractivity contribution < 1.29 is 4.17 Å². The van der Waals surface area contributed by atoms with Gasteiger partial charge >= 0.3 is 0 Å². The van der Waals surface area contributed by atoms with E-state index < -0.39 is 10.2 Å².